The first-order chi connectivity index (χ1) is 16.5. The van der Waals surface area contributed by atoms with Crippen LogP contribution in [-0.4, -0.2) is 40.5 Å². The van der Waals surface area contributed by atoms with Crippen LogP contribution in [0.5, 0.6) is 0 Å². The fourth-order valence-electron chi connectivity index (χ4n) is 4.48. The van der Waals surface area contributed by atoms with Crippen LogP contribution in [0, 0.1) is 17.5 Å². The lowest BCUT2D eigenvalue weighted by molar-refractivity contribution is -0.0400. The first-order valence-electron chi connectivity index (χ1n) is 11.7. The maximum absolute atomic E-state index is 14.0. The van der Waals surface area contributed by atoms with E-state index in [9.17, 15) is 18.0 Å². The Morgan fingerprint density at radius 3 is 2.31 bits per heavy atom. The van der Waals surface area contributed by atoms with Crippen molar-refractivity contribution in [2.45, 2.75) is 64.4 Å². The molecule has 10 heteroatoms. The van der Waals surface area contributed by atoms with Gasteiger partial charge in [0.25, 0.3) is 0 Å². The summed E-state index contributed by atoms with van der Waals surface area (Å²) in [6, 6.07) is 6.67. The van der Waals surface area contributed by atoms with Crippen molar-refractivity contribution < 1.29 is 32.0 Å². The first kappa shape index (κ1) is 24.0. The average molecular weight is 486 g/mol. The van der Waals surface area contributed by atoms with Crippen LogP contribution in [0.2, 0.25) is 0 Å². The minimum absolute atomic E-state index is 0.107. The minimum Gasteiger partial charge on any atom is -0.399 e. The second kappa shape index (κ2) is 8.46. The van der Waals surface area contributed by atoms with E-state index >= 15 is 0 Å². The predicted molar refractivity (Wildman–Crippen MR) is 124 cm³/mol. The van der Waals surface area contributed by atoms with Crippen LogP contribution in [0.3, 0.4) is 0 Å². The zero-order chi connectivity index (χ0) is 25.1. The SMILES string of the molecule is CC1(C)OB(c2cccc3c(C(=O)c4cc(F)c(F)c(F)c4)n(C4CCCCO4)nc23)OC1(C)C. The van der Waals surface area contributed by atoms with Gasteiger partial charge in [-0.2, -0.15) is 5.10 Å². The van der Waals surface area contributed by atoms with Gasteiger partial charge >= 0.3 is 7.12 Å². The number of benzene rings is 2. The summed E-state index contributed by atoms with van der Waals surface area (Å²) in [5.41, 5.74) is -0.294. The van der Waals surface area contributed by atoms with E-state index in [0.29, 0.717) is 41.5 Å². The molecule has 2 aliphatic rings. The van der Waals surface area contributed by atoms with E-state index < -0.39 is 47.8 Å². The molecule has 2 aromatic carbocycles. The normalized spacial score (nSPS) is 21.6. The fourth-order valence-corrected chi connectivity index (χ4v) is 4.48. The highest BCUT2D eigenvalue weighted by molar-refractivity contribution is 6.65. The zero-order valence-electron chi connectivity index (χ0n) is 20.0. The van der Waals surface area contributed by atoms with Gasteiger partial charge in [0.15, 0.2) is 23.7 Å². The van der Waals surface area contributed by atoms with E-state index in [1.807, 2.05) is 33.8 Å². The third-order valence-electron chi connectivity index (χ3n) is 7.16. The Morgan fingerprint density at radius 2 is 1.71 bits per heavy atom. The summed E-state index contributed by atoms with van der Waals surface area (Å²) in [6.45, 7) is 8.25. The molecule has 0 bridgehead atoms. The quantitative estimate of drug-likeness (QED) is 0.305. The molecule has 1 aromatic heterocycles. The van der Waals surface area contributed by atoms with Gasteiger partial charge in [0, 0.05) is 23.0 Å². The highest BCUT2D eigenvalue weighted by atomic mass is 19.2. The third-order valence-corrected chi connectivity index (χ3v) is 7.16. The van der Waals surface area contributed by atoms with E-state index in [2.05, 4.69) is 0 Å². The Hall–Kier alpha value is -2.69. The van der Waals surface area contributed by atoms with Crippen molar-refractivity contribution in [3.8, 4) is 0 Å². The number of ketones is 1. The van der Waals surface area contributed by atoms with Crippen molar-refractivity contribution >= 4 is 29.3 Å². The second-order valence-electron chi connectivity index (χ2n) is 10.0. The Kier molecular flexibility index (Phi) is 5.81. The monoisotopic (exact) mass is 486 g/mol. The van der Waals surface area contributed by atoms with Crippen LogP contribution < -0.4 is 5.46 Å². The van der Waals surface area contributed by atoms with Crippen molar-refractivity contribution in [2.75, 3.05) is 6.61 Å². The Labute approximate surface area is 201 Å². The number of hydrogen-bond acceptors (Lipinski definition) is 5. The molecule has 0 N–H and O–H groups in total. The molecular formula is C25H26BF3N2O4. The number of carbonyl (C=O) groups is 1. The largest absolute Gasteiger partial charge is 0.497 e. The maximum Gasteiger partial charge on any atom is 0.497 e. The number of rotatable bonds is 4. The number of aromatic nitrogens is 2. The molecule has 3 aromatic rings. The van der Waals surface area contributed by atoms with Crippen LogP contribution in [-0.2, 0) is 14.0 Å². The van der Waals surface area contributed by atoms with Crippen LogP contribution in [0.4, 0.5) is 13.2 Å². The van der Waals surface area contributed by atoms with Gasteiger partial charge in [0.1, 0.15) is 5.69 Å². The van der Waals surface area contributed by atoms with Crippen molar-refractivity contribution in [2.24, 2.45) is 0 Å². The highest BCUT2D eigenvalue weighted by Gasteiger charge is 2.52. The summed E-state index contributed by atoms with van der Waals surface area (Å²) in [5, 5.41) is 5.19. The molecule has 1 unspecified atom stereocenters. The fraction of sp³-hybridized carbons (Fsp3) is 0.440. The van der Waals surface area contributed by atoms with Gasteiger partial charge in [-0.05, 0) is 59.1 Å². The van der Waals surface area contributed by atoms with E-state index in [4.69, 9.17) is 19.1 Å². The average Bonchev–Trinajstić information content (AvgIpc) is 3.30. The molecule has 0 saturated carbocycles. The maximum atomic E-state index is 14.0. The van der Waals surface area contributed by atoms with Gasteiger partial charge in [-0.25, -0.2) is 17.9 Å². The Balaban J connectivity index is 1.68. The molecule has 3 heterocycles. The van der Waals surface area contributed by atoms with Gasteiger partial charge in [-0.1, -0.05) is 18.2 Å². The molecule has 0 aliphatic carbocycles. The van der Waals surface area contributed by atoms with Gasteiger partial charge in [0.2, 0.25) is 5.78 Å². The molecule has 35 heavy (non-hydrogen) atoms. The number of nitrogens with zero attached hydrogens (tertiary/aromatic N) is 2. The van der Waals surface area contributed by atoms with Crippen molar-refractivity contribution in [1.82, 2.24) is 9.78 Å². The Morgan fingerprint density at radius 1 is 1.06 bits per heavy atom. The molecule has 2 saturated heterocycles. The smallest absolute Gasteiger partial charge is 0.399 e. The van der Waals surface area contributed by atoms with E-state index in [-0.39, 0.29) is 11.3 Å². The topological polar surface area (TPSA) is 62.6 Å². The summed E-state index contributed by atoms with van der Waals surface area (Å²) in [4.78, 5) is 13.6. The van der Waals surface area contributed by atoms with Gasteiger partial charge < -0.3 is 14.0 Å². The molecule has 6 nitrogen and oxygen atoms in total. The minimum atomic E-state index is -1.63. The lowest BCUT2D eigenvalue weighted by atomic mass is 9.77. The summed E-state index contributed by atoms with van der Waals surface area (Å²) in [5.74, 6) is -5.18. The molecular weight excluding hydrogens is 460 g/mol. The van der Waals surface area contributed by atoms with Crippen LogP contribution in [0.25, 0.3) is 10.9 Å². The van der Waals surface area contributed by atoms with Crippen LogP contribution in [0.15, 0.2) is 30.3 Å². The van der Waals surface area contributed by atoms with Crippen molar-refractivity contribution in [3.05, 3.63) is 59.0 Å². The third kappa shape index (κ3) is 3.97. The molecule has 0 amide bonds. The molecule has 1 atom stereocenters. The van der Waals surface area contributed by atoms with E-state index in [0.717, 1.165) is 12.8 Å². The lowest BCUT2D eigenvalue weighted by Gasteiger charge is -2.32. The number of fused-ring (bicyclic) bond motifs is 1. The van der Waals surface area contributed by atoms with Crippen molar-refractivity contribution in [3.63, 3.8) is 0 Å². The van der Waals surface area contributed by atoms with Gasteiger partial charge in [-0.3, -0.25) is 4.79 Å². The van der Waals surface area contributed by atoms with Crippen LogP contribution >= 0.6 is 0 Å². The number of carbonyl (C=O) groups excluding carboxylic acids is 1. The predicted octanol–water partition coefficient (Wildman–Crippen LogP) is 4.68. The highest BCUT2D eigenvalue weighted by Crippen LogP contribution is 2.37. The zero-order valence-corrected chi connectivity index (χ0v) is 20.0. The first-order valence-corrected chi connectivity index (χ1v) is 11.7. The van der Waals surface area contributed by atoms with Crippen LogP contribution in [0.1, 0.15) is 69.2 Å². The summed E-state index contributed by atoms with van der Waals surface area (Å²) >= 11 is 0. The van der Waals surface area contributed by atoms with E-state index in [1.54, 1.807) is 12.1 Å². The van der Waals surface area contributed by atoms with Gasteiger partial charge in [-0.15, -0.1) is 0 Å². The number of halogens is 3. The molecule has 0 radical (unpaired) electrons. The second-order valence-corrected chi connectivity index (χ2v) is 10.0. The number of ether oxygens (including phenoxy) is 1. The van der Waals surface area contributed by atoms with Crippen molar-refractivity contribution in [1.29, 1.82) is 0 Å². The van der Waals surface area contributed by atoms with E-state index in [1.165, 1.54) is 4.68 Å². The molecule has 184 valence electrons. The molecule has 2 aliphatic heterocycles. The summed E-state index contributed by atoms with van der Waals surface area (Å²) in [6.07, 6.45) is 1.84. The number of hydrogen-bond donors (Lipinski definition) is 0. The summed E-state index contributed by atoms with van der Waals surface area (Å²) < 4.78 is 61.3. The Bertz CT molecular complexity index is 1280. The summed E-state index contributed by atoms with van der Waals surface area (Å²) in [7, 11) is -0.733. The lowest BCUT2D eigenvalue weighted by Crippen LogP contribution is -2.41. The molecule has 2 fully saturated rings. The molecule has 5 rings (SSSR count). The van der Waals surface area contributed by atoms with Gasteiger partial charge in [0.05, 0.1) is 16.7 Å². The molecule has 0 spiro atoms. The standard InChI is InChI=1S/C25H26BF3N2O4/c1-24(2)25(3,4)35-26(34-24)16-9-7-8-15-21(16)30-31(19-10-5-6-11-33-19)22(15)23(32)14-12-17(27)20(29)18(28)13-14/h7-9,12-13,19H,5-6,10-11H2,1-4H3.